The summed E-state index contributed by atoms with van der Waals surface area (Å²) in [6.45, 7) is 0. The third-order valence-corrected chi connectivity index (χ3v) is 3.74. The minimum atomic E-state index is -0.366. The number of phenols is 1. The van der Waals surface area contributed by atoms with Crippen molar-refractivity contribution in [2.75, 3.05) is 0 Å². The van der Waals surface area contributed by atoms with E-state index in [1.54, 1.807) is 12.1 Å². The van der Waals surface area contributed by atoms with Gasteiger partial charge in [0.25, 0.3) is 0 Å². The number of aliphatic hydroxyl groups excluding tert-OH is 1. The van der Waals surface area contributed by atoms with Crippen LogP contribution >= 0.6 is 0 Å². The van der Waals surface area contributed by atoms with Gasteiger partial charge in [0.1, 0.15) is 5.75 Å². The Hall–Kier alpha value is -1.80. The number of aliphatic hydroxyl groups is 1. The number of phenolic OH excluding ortho intramolecular Hbond substituents is 1. The Morgan fingerprint density at radius 1 is 1.00 bits per heavy atom. The lowest BCUT2D eigenvalue weighted by Gasteiger charge is -2.15. The Balaban J connectivity index is 1.78. The zero-order valence-electron chi connectivity index (χ0n) is 10.1. The largest absolute Gasteiger partial charge is 0.508 e. The number of benzene rings is 2. The van der Waals surface area contributed by atoms with Crippen LogP contribution in [0.25, 0.3) is 0 Å². The van der Waals surface area contributed by atoms with Crippen molar-refractivity contribution in [2.24, 2.45) is 5.92 Å². The molecule has 3 rings (SSSR count). The second-order valence-corrected chi connectivity index (χ2v) is 4.98. The van der Waals surface area contributed by atoms with Crippen LogP contribution in [0.1, 0.15) is 22.8 Å². The first-order valence-electron chi connectivity index (χ1n) is 6.28. The Morgan fingerprint density at radius 2 is 1.72 bits per heavy atom. The fourth-order valence-corrected chi connectivity index (χ4v) is 2.78. The van der Waals surface area contributed by atoms with Gasteiger partial charge in [-0.3, -0.25) is 0 Å². The average molecular weight is 240 g/mol. The molecule has 2 heteroatoms. The Bertz CT molecular complexity index is 545. The van der Waals surface area contributed by atoms with Crippen molar-refractivity contribution >= 4 is 0 Å². The molecule has 0 fully saturated rings. The molecule has 2 nitrogen and oxygen atoms in total. The minimum Gasteiger partial charge on any atom is -0.508 e. The van der Waals surface area contributed by atoms with Crippen molar-refractivity contribution in [3.8, 4) is 5.75 Å². The van der Waals surface area contributed by atoms with E-state index in [0.29, 0.717) is 0 Å². The fourth-order valence-electron chi connectivity index (χ4n) is 2.78. The molecule has 2 unspecified atom stereocenters. The highest BCUT2D eigenvalue weighted by Gasteiger charge is 2.30. The van der Waals surface area contributed by atoms with Crippen molar-refractivity contribution in [1.82, 2.24) is 0 Å². The highest BCUT2D eigenvalue weighted by Crippen LogP contribution is 2.37. The maximum Gasteiger partial charge on any atom is 0.115 e. The summed E-state index contributed by atoms with van der Waals surface area (Å²) in [5.74, 6) is 0.529. The van der Waals surface area contributed by atoms with E-state index >= 15 is 0 Å². The summed E-state index contributed by atoms with van der Waals surface area (Å²) in [6.07, 6.45) is 1.41. The van der Waals surface area contributed by atoms with Gasteiger partial charge in [-0.2, -0.15) is 0 Å². The van der Waals surface area contributed by atoms with Crippen LogP contribution < -0.4 is 0 Å². The third-order valence-electron chi connectivity index (χ3n) is 3.74. The molecule has 0 radical (unpaired) electrons. The second kappa shape index (κ2) is 4.46. The summed E-state index contributed by atoms with van der Waals surface area (Å²) in [7, 11) is 0. The summed E-state index contributed by atoms with van der Waals surface area (Å²) < 4.78 is 0. The first-order valence-corrected chi connectivity index (χ1v) is 6.28. The van der Waals surface area contributed by atoms with Gasteiger partial charge < -0.3 is 10.2 Å². The van der Waals surface area contributed by atoms with E-state index in [-0.39, 0.29) is 17.8 Å². The molecule has 0 bridgehead atoms. The monoisotopic (exact) mass is 240 g/mol. The molecule has 0 saturated heterocycles. The Kier molecular flexibility index (Phi) is 2.80. The fraction of sp³-hybridized carbons (Fsp3) is 0.250. The molecule has 0 amide bonds. The van der Waals surface area contributed by atoms with Gasteiger partial charge in [0.2, 0.25) is 0 Å². The lowest BCUT2D eigenvalue weighted by Crippen LogP contribution is -2.10. The molecule has 1 aliphatic carbocycles. The van der Waals surface area contributed by atoms with Gasteiger partial charge in [0.15, 0.2) is 0 Å². The van der Waals surface area contributed by atoms with E-state index in [0.717, 1.165) is 24.0 Å². The average Bonchev–Trinajstić information content (AvgIpc) is 2.70. The number of hydrogen-bond acceptors (Lipinski definition) is 2. The van der Waals surface area contributed by atoms with Crippen LogP contribution in [0.3, 0.4) is 0 Å². The molecule has 92 valence electrons. The predicted octanol–water partition coefficient (Wildman–Crippen LogP) is 2.84. The van der Waals surface area contributed by atoms with Crippen molar-refractivity contribution < 1.29 is 10.2 Å². The lowest BCUT2D eigenvalue weighted by molar-refractivity contribution is 0.123. The van der Waals surface area contributed by atoms with Crippen LogP contribution in [0, 0.1) is 5.92 Å². The first kappa shape index (κ1) is 11.3. The zero-order valence-corrected chi connectivity index (χ0v) is 10.1. The van der Waals surface area contributed by atoms with Gasteiger partial charge in [-0.1, -0.05) is 36.4 Å². The lowest BCUT2D eigenvalue weighted by atomic mass is 9.95. The Morgan fingerprint density at radius 3 is 2.44 bits per heavy atom. The van der Waals surface area contributed by atoms with Crippen LogP contribution in [0.2, 0.25) is 0 Å². The zero-order chi connectivity index (χ0) is 12.5. The van der Waals surface area contributed by atoms with Gasteiger partial charge in [-0.25, -0.2) is 0 Å². The van der Waals surface area contributed by atoms with E-state index in [2.05, 4.69) is 6.07 Å². The smallest absolute Gasteiger partial charge is 0.115 e. The molecular weight excluding hydrogens is 224 g/mol. The van der Waals surface area contributed by atoms with Gasteiger partial charge in [-0.15, -0.1) is 0 Å². The van der Waals surface area contributed by atoms with Crippen LogP contribution in [-0.4, -0.2) is 10.2 Å². The molecule has 0 spiro atoms. The molecule has 0 saturated carbocycles. The van der Waals surface area contributed by atoms with Crippen LogP contribution in [0.15, 0.2) is 48.5 Å². The molecule has 0 aliphatic heterocycles. The summed E-state index contributed by atoms with van der Waals surface area (Å²) in [5, 5.41) is 19.6. The molecule has 18 heavy (non-hydrogen) atoms. The van der Waals surface area contributed by atoms with E-state index in [4.69, 9.17) is 0 Å². The van der Waals surface area contributed by atoms with Gasteiger partial charge >= 0.3 is 0 Å². The molecule has 2 aromatic rings. The van der Waals surface area contributed by atoms with Gasteiger partial charge in [0.05, 0.1) is 6.10 Å². The molecule has 1 aliphatic rings. The summed E-state index contributed by atoms with van der Waals surface area (Å²) in [5.41, 5.74) is 3.49. The molecule has 2 aromatic carbocycles. The quantitative estimate of drug-likeness (QED) is 0.847. The second-order valence-electron chi connectivity index (χ2n) is 4.98. The van der Waals surface area contributed by atoms with Crippen molar-refractivity contribution in [1.29, 1.82) is 0 Å². The Labute approximate surface area is 107 Å². The molecule has 0 aromatic heterocycles. The minimum absolute atomic E-state index is 0.243. The number of aromatic hydroxyl groups is 1. The maximum absolute atomic E-state index is 10.3. The predicted molar refractivity (Wildman–Crippen MR) is 70.4 cm³/mol. The summed E-state index contributed by atoms with van der Waals surface area (Å²) >= 11 is 0. The van der Waals surface area contributed by atoms with E-state index in [9.17, 15) is 10.2 Å². The number of hydrogen-bond donors (Lipinski definition) is 2. The van der Waals surface area contributed by atoms with E-state index < -0.39 is 0 Å². The van der Waals surface area contributed by atoms with Gasteiger partial charge in [-0.05, 0) is 47.6 Å². The molecule has 0 heterocycles. The van der Waals surface area contributed by atoms with Crippen LogP contribution in [-0.2, 0) is 12.8 Å². The summed E-state index contributed by atoms with van der Waals surface area (Å²) in [4.78, 5) is 0. The van der Waals surface area contributed by atoms with Crippen molar-refractivity contribution in [3.05, 3.63) is 65.2 Å². The van der Waals surface area contributed by atoms with E-state index in [1.165, 1.54) is 5.56 Å². The third kappa shape index (κ3) is 2.00. The van der Waals surface area contributed by atoms with E-state index in [1.807, 2.05) is 30.3 Å². The highest BCUT2D eigenvalue weighted by atomic mass is 16.3. The SMILES string of the molecule is Oc1ccc(CC2Cc3ccccc3C2O)cc1. The van der Waals surface area contributed by atoms with Crippen molar-refractivity contribution in [2.45, 2.75) is 18.9 Å². The number of fused-ring (bicyclic) bond motifs is 1. The molecular formula is C16H16O2. The molecule has 2 N–H and O–H groups in total. The summed E-state index contributed by atoms with van der Waals surface area (Å²) in [6, 6.07) is 15.3. The van der Waals surface area contributed by atoms with Crippen molar-refractivity contribution in [3.63, 3.8) is 0 Å². The van der Waals surface area contributed by atoms with Crippen LogP contribution in [0.4, 0.5) is 0 Å². The maximum atomic E-state index is 10.3. The standard InChI is InChI=1S/C16H16O2/c17-14-7-5-11(6-8-14)9-13-10-12-3-1-2-4-15(12)16(13)18/h1-8,13,16-18H,9-10H2. The number of rotatable bonds is 2. The molecule has 2 atom stereocenters. The van der Waals surface area contributed by atoms with Crippen LogP contribution in [0.5, 0.6) is 5.75 Å². The highest BCUT2D eigenvalue weighted by molar-refractivity contribution is 5.35. The topological polar surface area (TPSA) is 40.5 Å². The van der Waals surface area contributed by atoms with Gasteiger partial charge in [0, 0.05) is 0 Å². The normalized spacial score (nSPS) is 21.8. The first-order chi connectivity index (χ1) is 8.74.